The molecule has 3 fully saturated rings. The van der Waals surface area contributed by atoms with Crippen molar-refractivity contribution < 1.29 is 5.11 Å². The Bertz CT molecular complexity index is 288. The highest BCUT2D eigenvalue weighted by molar-refractivity contribution is 4.90. The fraction of sp³-hybridized carbons (Fsp3) is 1.00. The van der Waals surface area contributed by atoms with E-state index in [4.69, 9.17) is 0 Å². The number of hydrogen-bond donors (Lipinski definition) is 2. The molecule has 2 saturated heterocycles. The van der Waals surface area contributed by atoms with E-state index >= 15 is 0 Å². The number of rotatable bonds is 4. The Kier molecular flexibility index (Phi) is 4.97. The molecular weight excluding hydrogens is 250 g/mol. The van der Waals surface area contributed by atoms with Gasteiger partial charge < -0.3 is 15.3 Å². The van der Waals surface area contributed by atoms with Gasteiger partial charge in [0.15, 0.2) is 0 Å². The van der Waals surface area contributed by atoms with Gasteiger partial charge >= 0.3 is 0 Å². The predicted molar refractivity (Wildman–Crippen MR) is 81.9 cm³/mol. The summed E-state index contributed by atoms with van der Waals surface area (Å²) in [7, 11) is 0. The maximum atomic E-state index is 10.3. The standard InChI is InChI=1S/C16H31N3O/c20-15(14-19-11-7-17-8-12-19)13-18-9-5-16(6-10-18)3-1-2-4-16/h15,17,20H,1-14H2. The lowest BCUT2D eigenvalue weighted by atomic mass is 9.77. The molecule has 20 heavy (non-hydrogen) atoms. The number of likely N-dealkylation sites (tertiary alicyclic amines) is 1. The first-order chi connectivity index (χ1) is 9.76. The van der Waals surface area contributed by atoms with E-state index in [1.165, 1.54) is 51.6 Å². The van der Waals surface area contributed by atoms with E-state index in [1.54, 1.807) is 0 Å². The summed E-state index contributed by atoms with van der Waals surface area (Å²) in [6.07, 6.45) is 8.39. The summed E-state index contributed by atoms with van der Waals surface area (Å²) >= 11 is 0. The molecule has 1 atom stereocenters. The van der Waals surface area contributed by atoms with E-state index in [9.17, 15) is 5.11 Å². The molecule has 116 valence electrons. The SMILES string of the molecule is OC(CN1CCNCC1)CN1CCC2(CCCC2)CC1. The minimum absolute atomic E-state index is 0.175. The van der Waals surface area contributed by atoms with Crippen LogP contribution >= 0.6 is 0 Å². The Balaban J connectivity index is 1.38. The van der Waals surface area contributed by atoms with Crippen LogP contribution in [0.3, 0.4) is 0 Å². The maximum absolute atomic E-state index is 10.3. The summed E-state index contributed by atoms with van der Waals surface area (Å²) in [4.78, 5) is 4.89. The number of piperidine rings is 1. The van der Waals surface area contributed by atoms with E-state index in [-0.39, 0.29) is 6.10 Å². The van der Waals surface area contributed by atoms with Gasteiger partial charge in [-0.15, -0.1) is 0 Å². The second kappa shape index (κ2) is 6.73. The summed E-state index contributed by atoms with van der Waals surface area (Å²) in [5.41, 5.74) is 0.694. The van der Waals surface area contributed by atoms with Crippen molar-refractivity contribution >= 4 is 0 Å². The van der Waals surface area contributed by atoms with Crippen molar-refractivity contribution in [3.05, 3.63) is 0 Å². The van der Waals surface area contributed by atoms with Crippen LogP contribution < -0.4 is 5.32 Å². The third-order valence-corrected chi connectivity index (χ3v) is 5.73. The van der Waals surface area contributed by atoms with Gasteiger partial charge in [0.05, 0.1) is 6.10 Å². The van der Waals surface area contributed by atoms with Crippen LogP contribution in [-0.2, 0) is 0 Å². The highest BCUT2D eigenvalue weighted by atomic mass is 16.3. The molecule has 1 spiro atoms. The fourth-order valence-electron chi connectivity index (χ4n) is 4.38. The largest absolute Gasteiger partial charge is 0.390 e. The zero-order valence-corrected chi connectivity index (χ0v) is 12.8. The van der Waals surface area contributed by atoms with Gasteiger partial charge in [0.25, 0.3) is 0 Å². The van der Waals surface area contributed by atoms with E-state index < -0.39 is 0 Å². The molecule has 0 aromatic rings. The topological polar surface area (TPSA) is 38.7 Å². The summed E-state index contributed by atoms with van der Waals surface area (Å²) in [6.45, 7) is 8.44. The van der Waals surface area contributed by atoms with Gasteiger partial charge in [-0.25, -0.2) is 0 Å². The molecule has 0 aromatic heterocycles. The number of nitrogens with zero attached hydrogens (tertiary/aromatic N) is 2. The molecule has 3 aliphatic rings. The van der Waals surface area contributed by atoms with Crippen LogP contribution in [0, 0.1) is 5.41 Å². The number of aliphatic hydroxyl groups is 1. The van der Waals surface area contributed by atoms with Crippen LogP contribution in [0.25, 0.3) is 0 Å². The zero-order chi connectivity index (χ0) is 13.8. The molecule has 3 rings (SSSR count). The molecule has 1 saturated carbocycles. The Labute approximate surface area is 123 Å². The Morgan fingerprint density at radius 3 is 2.00 bits per heavy atom. The average molecular weight is 281 g/mol. The van der Waals surface area contributed by atoms with Crippen molar-refractivity contribution in [3.8, 4) is 0 Å². The van der Waals surface area contributed by atoms with Gasteiger partial charge in [0.1, 0.15) is 0 Å². The average Bonchev–Trinajstić information content (AvgIpc) is 2.91. The maximum Gasteiger partial charge on any atom is 0.0793 e. The lowest BCUT2D eigenvalue weighted by molar-refractivity contribution is 0.0396. The number of aliphatic hydroxyl groups excluding tert-OH is 1. The van der Waals surface area contributed by atoms with E-state index in [1.807, 2.05) is 0 Å². The monoisotopic (exact) mass is 281 g/mol. The lowest BCUT2D eigenvalue weighted by Crippen LogP contribution is -2.49. The van der Waals surface area contributed by atoms with Crippen molar-refractivity contribution in [2.75, 3.05) is 52.4 Å². The third kappa shape index (κ3) is 3.73. The van der Waals surface area contributed by atoms with Crippen molar-refractivity contribution in [1.82, 2.24) is 15.1 Å². The van der Waals surface area contributed by atoms with Crippen LogP contribution in [0.15, 0.2) is 0 Å². The van der Waals surface area contributed by atoms with Crippen molar-refractivity contribution in [1.29, 1.82) is 0 Å². The molecule has 4 heteroatoms. The lowest BCUT2D eigenvalue weighted by Gasteiger charge is -2.40. The van der Waals surface area contributed by atoms with Crippen molar-refractivity contribution in [2.24, 2.45) is 5.41 Å². The molecule has 1 aliphatic carbocycles. The summed E-state index contributed by atoms with van der Waals surface area (Å²) in [5.74, 6) is 0. The summed E-state index contributed by atoms with van der Waals surface area (Å²) in [5, 5.41) is 13.7. The third-order valence-electron chi connectivity index (χ3n) is 5.73. The van der Waals surface area contributed by atoms with Crippen molar-refractivity contribution in [2.45, 2.75) is 44.6 Å². The number of β-amino-alcohol motifs (C(OH)–C–C–N with tert-alkyl or cyclic N) is 1. The van der Waals surface area contributed by atoms with Crippen LogP contribution in [0.5, 0.6) is 0 Å². The van der Waals surface area contributed by atoms with E-state index in [2.05, 4.69) is 15.1 Å². The molecule has 0 radical (unpaired) electrons. The number of hydrogen-bond acceptors (Lipinski definition) is 4. The van der Waals surface area contributed by atoms with Gasteiger partial charge in [-0.1, -0.05) is 12.8 Å². The molecule has 2 N–H and O–H groups in total. The first-order valence-corrected chi connectivity index (χ1v) is 8.59. The Morgan fingerprint density at radius 1 is 0.850 bits per heavy atom. The molecule has 2 heterocycles. The quantitative estimate of drug-likeness (QED) is 0.803. The second-order valence-electron chi connectivity index (χ2n) is 7.21. The Hall–Kier alpha value is -0.160. The van der Waals surface area contributed by atoms with Gasteiger partial charge in [0.2, 0.25) is 0 Å². The fourth-order valence-corrected chi connectivity index (χ4v) is 4.38. The number of nitrogens with one attached hydrogen (secondary N) is 1. The molecule has 1 unspecified atom stereocenters. The minimum Gasteiger partial charge on any atom is -0.390 e. The van der Waals surface area contributed by atoms with Crippen LogP contribution in [-0.4, -0.2) is 73.4 Å². The molecular formula is C16H31N3O. The smallest absolute Gasteiger partial charge is 0.0793 e. The first-order valence-electron chi connectivity index (χ1n) is 8.59. The first kappa shape index (κ1) is 14.8. The molecule has 2 aliphatic heterocycles. The minimum atomic E-state index is -0.175. The van der Waals surface area contributed by atoms with Gasteiger partial charge in [-0.2, -0.15) is 0 Å². The van der Waals surface area contributed by atoms with Gasteiger partial charge in [-0.3, -0.25) is 4.90 Å². The van der Waals surface area contributed by atoms with Crippen LogP contribution in [0.1, 0.15) is 38.5 Å². The van der Waals surface area contributed by atoms with Crippen LogP contribution in [0.2, 0.25) is 0 Å². The Morgan fingerprint density at radius 2 is 1.40 bits per heavy atom. The zero-order valence-electron chi connectivity index (χ0n) is 12.8. The normalized spacial score (nSPS) is 29.9. The number of piperazine rings is 1. The molecule has 0 aromatic carbocycles. The summed E-state index contributed by atoms with van der Waals surface area (Å²) < 4.78 is 0. The second-order valence-corrected chi connectivity index (χ2v) is 7.21. The van der Waals surface area contributed by atoms with E-state index in [0.29, 0.717) is 5.41 Å². The van der Waals surface area contributed by atoms with Crippen LogP contribution in [0.4, 0.5) is 0 Å². The van der Waals surface area contributed by atoms with E-state index in [0.717, 1.165) is 39.3 Å². The summed E-state index contributed by atoms with van der Waals surface area (Å²) in [6, 6.07) is 0. The highest BCUT2D eigenvalue weighted by Gasteiger charge is 2.37. The van der Waals surface area contributed by atoms with Crippen molar-refractivity contribution in [3.63, 3.8) is 0 Å². The highest BCUT2D eigenvalue weighted by Crippen LogP contribution is 2.46. The molecule has 0 bridgehead atoms. The molecule has 4 nitrogen and oxygen atoms in total. The predicted octanol–water partition coefficient (Wildman–Crippen LogP) is 0.909. The van der Waals surface area contributed by atoms with Gasteiger partial charge in [0, 0.05) is 39.3 Å². The van der Waals surface area contributed by atoms with Gasteiger partial charge in [-0.05, 0) is 44.2 Å². The molecule has 0 amide bonds.